The van der Waals surface area contributed by atoms with Crippen LogP contribution in [0.25, 0.3) is 0 Å². The standard InChI is InChI=1S/C19H22N4O2/c1-2-16(23-11-5-10-20-23)17(24)22-12-8-19(9-13-22)14-6-3-4-7-15(14)21-18(19)25/h3-7,10-11,16H,2,8-9,12-13H2,1H3,(H,21,25). The number of benzene rings is 1. The molecule has 0 aliphatic carbocycles. The molecule has 2 aliphatic rings. The summed E-state index contributed by atoms with van der Waals surface area (Å²) in [7, 11) is 0. The number of nitrogens with one attached hydrogen (secondary N) is 1. The number of aromatic nitrogens is 2. The molecule has 6 nitrogen and oxygen atoms in total. The van der Waals surface area contributed by atoms with E-state index < -0.39 is 5.41 Å². The van der Waals surface area contributed by atoms with Crippen LogP contribution in [0.3, 0.4) is 0 Å². The van der Waals surface area contributed by atoms with Crippen LogP contribution in [0.2, 0.25) is 0 Å². The number of hydrogen-bond acceptors (Lipinski definition) is 3. The van der Waals surface area contributed by atoms with Crippen LogP contribution in [0.4, 0.5) is 5.69 Å². The second-order valence-corrected chi connectivity index (χ2v) is 6.82. The maximum Gasteiger partial charge on any atom is 0.247 e. The molecule has 130 valence electrons. The lowest BCUT2D eigenvalue weighted by Crippen LogP contribution is -2.49. The van der Waals surface area contributed by atoms with Crippen molar-refractivity contribution < 1.29 is 9.59 Å². The van der Waals surface area contributed by atoms with Crippen LogP contribution in [-0.2, 0) is 15.0 Å². The molecule has 2 aromatic rings. The lowest BCUT2D eigenvalue weighted by atomic mass is 9.73. The number of piperidine rings is 1. The summed E-state index contributed by atoms with van der Waals surface area (Å²) in [4.78, 5) is 27.4. The van der Waals surface area contributed by atoms with Gasteiger partial charge in [0.2, 0.25) is 11.8 Å². The number of hydrogen-bond donors (Lipinski definition) is 1. The number of carbonyl (C=O) groups is 2. The first-order chi connectivity index (χ1) is 12.2. The van der Waals surface area contributed by atoms with Crippen molar-refractivity contribution in [2.45, 2.75) is 37.6 Å². The van der Waals surface area contributed by atoms with Gasteiger partial charge in [-0.2, -0.15) is 5.10 Å². The second kappa shape index (κ2) is 6.02. The van der Waals surface area contributed by atoms with E-state index in [4.69, 9.17) is 0 Å². The minimum Gasteiger partial charge on any atom is -0.341 e. The smallest absolute Gasteiger partial charge is 0.247 e. The zero-order chi connectivity index (χ0) is 17.4. The third-order valence-electron chi connectivity index (χ3n) is 5.57. The van der Waals surface area contributed by atoms with E-state index in [9.17, 15) is 9.59 Å². The fourth-order valence-corrected chi connectivity index (χ4v) is 4.13. The zero-order valence-electron chi connectivity index (χ0n) is 14.3. The number of nitrogens with zero attached hydrogens (tertiary/aromatic N) is 3. The summed E-state index contributed by atoms with van der Waals surface area (Å²) in [6.07, 6.45) is 5.55. The van der Waals surface area contributed by atoms with Crippen LogP contribution in [0.1, 0.15) is 37.8 Å². The Balaban J connectivity index is 1.52. The van der Waals surface area contributed by atoms with E-state index >= 15 is 0 Å². The van der Waals surface area contributed by atoms with E-state index in [2.05, 4.69) is 10.4 Å². The highest BCUT2D eigenvalue weighted by Gasteiger charge is 2.49. The molecule has 0 radical (unpaired) electrons. The summed E-state index contributed by atoms with van der Waals surface area (Å²) in [5.74, 6) is 0.160. The van der Waals surface area contributed by atoms with E-state index in [0.29, 0.717) is 32.4 Å². The number of carbonyl (C=O) groups excluding carboxylic acids is 2. The van der Waals surface area contributed by atoms with Gasteiger partial charge in [0.1, 0.15) is 6.04 Å². The molecule has 2 amide bonds. The second-order valence-electron chi connectivity index (χ2n) is 6.82. The monoisotopic (exact) mass is 338 g/mol. The molecule has 1 unspecified atom stereocenters. The molecule has 1 aromatic heterocycles. The Morgan fingerprint density at radius 2 is 2.04 bits per heavy atom. The minimum absolute atomic E-state index is 0.0694. The van der Waals surface area contributed by atoms with Crippen molar-refractivity contribution in [3.63, 3.8) is 0 Å². The van der Waals surface area contributed by atoms with Crippen molar-refractivity contribution in [3.8, 4) is 0 Å². The molecule has 1 atom stereocenters. The quantitative estimate of drug-likeness (QED) is 0.934. The average Bonchev–Trinajstić information content (AvgIpc) is 3.25. The Morgan fingerprint density at radius 3 is 2.72 bits per heavy atom. The zero-order valence-corrected chi connectivity index (χ0v) is 14.3. The van der Waals surface area contributed by atoms with Crippen molar-refractivity contribution in [3.05, 3.63) is 48.3 Å². The average molecular weight is 338 g/mol. The van der Waals surface area contributed by atoms with Gasteiger partial charge >= 0.3 is 0 Å². The molecule has 1 N–H and O–H groups in total. The van der Waals surface area contributed by atoms with Crippen LogP contribution < -0.4 is 5.32 Å². The number of amides is 2. The Labute approximate surface area is 146 Å². The summed E-state index contributed by atoms with van der Waals surface area (Å²) in [6.45, 7) is 3.19. The van der Waals surface area contributed by atoms with E-state index in [1.165, 1.54) is 0 Å². The summed E-state index contributed by atoms with van der Waals surface area (Å²) in [6, 6.07) is 9.46. The SMILES string of the molecule is CCC(C(=O)N1CCC2(CC1)C(=O)Nc1ccccc12)n1cccn1. The highest BCUT2D eigenvalue weighted by Crippen LogP contribution is 2.44. The molecule has 1 fully saturated rings. The molecule has 1 aromatic carbocycles. The normalized spacial score (nSPS) is 19.6. The first-order valence-corrected chi connectivity index (χ1v) is 8.84. The first kappa shape index (κ1) is 15.9. The van der Waals surface area contributed by atoms with Gasteiger partial charge in [-0.1, -0.05) is 25.1 Å². The molecule has 1 spiro atoms. The molecule has 3 heterocycles. The van der Waals surface area contributed by atoms with Crippen molar-refractivity contribution in [1.82, 2.24) is 14.7 Å². The Kier molecular flexibility index (Phi) is 3.82. The van der Waals surface area contributed by atoms with Gasteiger partial charge in [-0.15, -0.1) is 0 Å². The number of likely N-dealkylation sites (tertiary alicyclic amines) is 1. The lowest BCUT2D eigenvalue weighted by Gasteiger charge is -2.39. The minimum atomic E-state index is -0.485. The van der Waals surface area contributed by atoms with Gasteiger partial charge in [0.25, 0.3) is 0 Å². The van der Waals surface area contributed by atoms with Crippen molar-refractivity contribution in [2.24, 2.45) is 0 Å². The molecular weight excluding hydrogens is 316 g/mol. The Bertz CT molecular complexity index is 792. The number of rotatable bonds is 3. The van der Waals surface area contributed by atoms with Gasteiger partial charge in [0.05, 0.1) is 5.41 Å². The fourth-order valence-electron chi connectivity index (χ4n) is 4.13. The molecule has 1 saturated heterocycles. The molecular formula is C19H22N4O2. The van der Waals surface area contributed by atoms with E-state index in [1.54, 1.807) is 10.9 Å². The predicted octanol–water partition coefficient (Wildman–Crippen LogP) is 2.35. The van der Waals surface area contributed by atoms with E-state index in [-0.39, 0.29) is 17.9 Å². The Morgan fingerprint density at radius 1 is 1.28 bits per heavy atom. The number of anilines is 1. The van der Waals surface area contributed by atoms with Crippen molar-refractivity contribution >= 4 is 17.5 Å². The van der Waals surface area contributed by atoms with Crippen molar-refractivity contribution in [1.29, 1.82) is 0 Å². The highest BCUT2D eigenvalue weighted by atomic mass is 16.2. The maximum atomic E-state index is 12.9. The van der Waals surface area contributed by atoms with Crippen LogP contribution in [-0.4, -0.2) is 39.6 Å². The highest BCUT2D eigenvalue weighted by molar-refractivity contribution is 6.06. The summed E-state index contributed by atoms with van der Waals surface area (Å²) in [5.41, 5.74) is 1.50. The van der Waals surface area contributed by atoms with E-state index in [1.807, 2.05) is 48.4 Å². The molecule has 25 heavy (non-hydrogen) atoms. The maximum absolute atomic E-state index is 12.9. The summed E-state index contributed by atoms with van der Waals surface area (Å²) < 4.78 is 1.73. The van der Waals surface area contributed by atoms with Crippen LogP contribution >= 0.6 is 0 Å². The third-order valence-corrected chi connectivity index (χ3v) is 5.57. The van der Waals surface area contributed by atoms with Crippen molar-refractivity contribution in [2.75, 3.05) is 18.4 Å². The molecule has 2 aliphatic heterocycles. The van der Waals surface area contributed by atoms with Gasteiger partial charge in [-0.25, -0.2) is 0 Å². The number of fused-ring (bicyclic) bond motifs is 2. The van der Waals surface area contributed by atoms with Gasteiger partial charge in [0.15, 0.2) is 0 Å². The van der Waals surface area contributed by atoms with Crippen LogP contribution in [0.5, 0.6) is 0 Å². The topological polar surface area (TPSA) is 67.2 Å². The van der Waals surface area contributed by atoms with Gasteiger partial charge in [-0.05, 0) is 37.0 Å². The van der Waals surface area contributed by atoms with Gasteiger partial charge in [0, 0.05) is 31.2 Å². The van der Waals surface area contributed by atoms with Gasteiger partial charge in [-0.3, -0.25) is 14.3 Å². The number of para-hydroxylation sites is 1. The van der Waals surface area contributed by atoms with Crippen LogP contribution in [0.15, 0.2) is 42.7 Å². The lowest BCUT2D eigenvalue weighted by molar-refractivity contribution is -0.138. The summed E-state index contributed by atoms with van der Waals surface area (Å²) >= 11 is 0. The largest absolute Gasteiger partial charge is 0.341 e. The Hall–Kier alpha value is -2.63. The predicted molar refractivity (Wildman–Crippen MR) is 94.1 cm³/mol. The van der Waals surface area contributed by atoms with Crippen LogP contribution in [0, 0.1) is 0 Å². The third kappa shape index (κ3) is 2.44. The summed E-state index contributed by atoms with van der Waals surface area (Å²) in [5, 5.41) is 7.22. The molecule has 0 bridgehead atoms. The molecule has 0 saturated carbocycles. The molecule has 6 heteroatoms. The fraction of sp³-hybridized carbons (Fsp3) is 0.421. The van der Waals surface area contributed by atoms with E-state index in [0.717, 1.165) is 11.3 Å². The molecule has 4 rings (SSSR count). The van der Waals surface area contributed by atoms with Gasteiger partial charge < -0.3 is 10.2 Å². The first-order valence-electron chi connectivity index (χ1n) is 8.84.